The maximum absolute atomic E-state index is 12.4. The highest BCUT2D eigenvalue weighted by atomic mass is 16.5. The van der Waals surface area contributed by atoms with Gasteiger partial charge in [-0.2, -0.15) is 10.2 Å². The second kappa shape index (κ2) is 7.79. The van der Waals surface area contributed by atoms with Crippen molar-refractivity contribution in [2.24, 2.45) is 5.10 Å². The van der Waals surface area contributed by atoms with E-state index in [-0.39, 0.29) is 5.91 Å². The van der Waals surface area contributed by atoms with E-state index in [1.54, 1.807) is 12.3 Å². The minimum atomic E-state index is -0.372. The zero-order chi connectivity index (χ0) is 19.3. The van der Waals surface area contributed by atoms with Crippen LogP contribution in [0.3, 0.4) is 0 Å². The van der Waals surface area contributed by atoms with Gasteiger partial charge in [0.1, 0.15) is 11.4 Å². The first-order chi connectivity index (χ1) is 13.8. The first kappa shape index (κ1) is 17.5. The smallest absolute Gasteiger partial charge is 0.289 e. The van der Waals surface area contributed by atoms with Gasteiger partial charge in [-0.15, -0.1) is 0 Å². The Labute approximate surface area is 161 Å². The Bertz CT molecular complexity index is 1140. The number of ether oxygens (including phenoxy) is 1. The topological polar surface area (TPSA) is 95.2 Å². The number of nitrogens with one attached hydrogen (secondary N) is 3. The van der Waals surface area contributed by atoms with Crippen molar-refractivity contribution in [3.8, 4) is 17.0 Å². The number of carbonyl (C=O) groups is 1. The highest BCUT2D eigenvalue weighted by Crippen LogP contribution is 2.28. The molecular weight excluding hydrogens is 354 g/mol. The van der Waals surface area contributed by atoms with Crippen molar-refractivity contribution < 1.29 is 9.53 Å². The predicted molar refractivity (Wildman–Crippen MR) is 109 cm³/mol. The second-order valence-corrected chi connectivity index (χ2v) is 6.08. The van der Waals surface area contributed by atoms with Crippen molar-refractivity contribution in [2.45, 2.75) is 6.92 Å². The molecule has 0 radical (unpaired) electrons. The van der Waals surface area contributed by atoms with Crippen LogP contribution < -0.4 is 10.2 Å². The van der Waals surface area contributed by atoms with Crippen molar-refractivity contribution in [3.05, 3.63) is 72.1 Å². The van der Waals surface area contributed by atoms with Crippen LogP contribution in [-0.4, -0.2) is 33.9 Å². The number of amides is 1. The molecule has 0 spiro atoms. The van der Waals surface area contributed by atoms with E-state index in [1.807, 2.05) is 61.7 Å². The van der Waals surface area contributed by atoms with Crippen LogP contribution in [0.25, 0.3) is 22.2 Å². The third-order valence-corrected chi connectivity index (χ3v) is 4.28. The van der Waals surface area contributed by atoms with Crippen LogP contribution in [0.4, 0.5) is 0 Å². The maximum Gasteiger partial charge on any atom is 0.289 e. The lowest BCUT2D eigenvalue weighted by atomic mass is 10.1. The van der Waals surface area contributed by atoms with Crippen LogP contribution in [0.1, 0.15) is 23.0 Å². The fourth-order valence-electron chi connectivity index (χ4n) is 2.96. The van der Waals surface area contributed by atoms with E-state index in [0.29, 0.717) is 18.0 Å². The molecule has 7 nitrogen and oxygen atoms in total. The summed E-state index contributed by atoms with van der Waals surface area (Å²) in [4.78, 5) is 15.5. The molecule has 0 atom stereocenters. The third-order valence-electron chi connectivity index (χ3n) is 4.28. The van der Waals surface area contributed by atoms with E-state index in [4.69, 9.17) is 4.74 Å². The summed E-state index contributed by atoms with van der Waals surface area (Å²) in [5.41, 5.74) is 6.20. The average molecular weight is 373 g/mol. The molecule has 2 aromatic heterocycles. The van der Waals surface area contributed by atoms with Gasteiger partial charge in [0.2, 0.25) is 0 Å². The van der Waals surface area contributed by atoms with E-state index in [0.717, 1.165) is 27.8 Å². The van der Waals surface area contributed by atoms with Gasteiger partial charge in [-0.25, -0.2) is 5.43 Å². The molecule has 140 valence electrons. The van der Waals surface area contributed by atoms with E-state index in [9.17, 15) is 4.79 Å². The molecule has 7 heteroatoms. The summed E-state index contributed by atoms with van der Waals surface area (Å²) in [6, 6.07) is 17.1. The van der Waals surface area contributed by atoms with Crippen LogP contribution in [0, 0.1) is 0 Å². The molecule has 4 rings (SSSR count). The molecular formula is C21H19N5O2. The Kier molecular flexibility index (Phi) is 4.88. The molecule has 4 aromatic rings. The molecule has 0 aliphatic heterocycles. The van der Waals surface area contributed by atoms with E-state index in [1.165, 1.54) is 0 Å². The minimum absolute atomic E-state index is 0.317. The number of nitrogens with zero attached hydrogens (tertiary/aromatic N) is 2. The summed E-state index contributed by atoms with van der Waals surface area (Å²) in [7, 11) is 0. The Hall–Kier alpha value is -3.87. The standard InChI is InChI=1S/C21H19N5O2/c1-2-28-20-10-6-4-8-16(20)18-11-19(25-24-18)21(27)26-23-13-14-12-22-17-9-5-3-7-15(14)17/h3-13,22H,2H2,1H3,(H,24,25)(H,26,27)/b23-13+. The number of fused-ring (bicyclic) bond motifs is 1. The van der Waals surface area contributed by atoms with Gasteiger partial charge >= 0.3 is 0 Å². The van der Waals surface area contributed by atoms with Gasteiger partial charge in [-0.3, -0.25) is 9.89 Å². The minimum Gasteiger partial charge on any atom is -0.493 e. The number of para-hydroxylation sites is 2. The molecule has 0 aliphatic rings. The zero-order valence-corrected chi connectivity index (χ0v) is 15.3. The lowest BCUT2D eigenvalue weighted by Gasteiger charge is -2.07. The van der Waals surface area contributed by atoms with Crippen LogP contribution >= 0.6 is 0 Å². The van der Waals surface area contributed by atoms with Crippen molar-refractivity contribution >= 4 is 23.0 Å². The molecule has 0 unspecified atom stereocenters. The number of carbonyl (C=O) groups excluding carboxylic acids is 1. The molecule has 0 saturated heterocycles. The molecule has 1 amide bonds. The number of aromatic nitrogens is 3. The van der Waals surface area contributed by atoms with Crippen molar-refractivity contribution in [1.82, 2.24) is 20.6 Å². The Morgan fingerprint density at radius 1 is 1.21 bits per heavy atom. The third kappa shape index (κ3) is 3.50. The highest BCUT2D eigenvalue weighted by Gasteiger charge is 2.13. The number of rotatable bonds is 6. The van der Waals surface area contributed by atoms with Crippen LogP contribution in [0.2, 0.25) is 0 Å². The van der Waals surface area contributed by atoms with Gasteiger partial charge in [-0.1, -0.05) is 30.3 Å². The molecule has 2 aromatic carbocycles. The lowest BCUT2D eigenvalue weighted by Crippen LogP contribution is -2.17. The van der Waals surface area contributed by atoms with Gasteiger partial charge in [0, 0.05) is 28.2 Å². The molecule has 0 fully saturated rings. The van der Waals surface area contributed by atoms with E-state index < -0.39 is 0 Å². The normalized spacial score (nSPS) is 11.2. The van der Waals surface area contributed by atoms with E-state index >= 15 is 0 Å². The predicted octanol–water partition coefficient (Wildman–Crippen LogP) is 3.72. The first-order valence-corrected chi connectivity index (χ1v) is 8.93. The van der Waals surface area contributed by atoms with Gasteiger partial charge < -0.3 is 9.72 Å². The first-order valence-electron chi connectivity index (χ1n) is 8.93. The molecule has 3 N–H and O–H groups in total. The number of benzene rings is 2. The molecule has 0 aliphatic carbocycles. The van der Waals surface area contributed by atoms with Crippen molar-refractivity contribution in [2.75, 3.05) is 6.61 Å². The number of aromatic amines is 2. The average Bonchev–Trinajstić information content (AvgIpc) is 3.36. The number of H-pyrrole nitrogens is 2. The zero-order valence-electron chi connectivity index (χ0n) is 15.3. The summed E-state index contributed by atoms with van der Waals surface area (Å²) in [5, 5.41) is 12.1. The van der Waals surface area contributed by atoms with Gasteiger partial charge in [-0.05, 0) is 31.2 Å². The largest absolute Gasteiger partial charge is 0.493 e. The molecule has 0 bridgehead atoms. The van der Waals surface area contributed by atoms with E-state index in [2.05, 4.69) is 25.7 Å². The summed E-state index contributed by atoms with van der Waals surface area (Å²) >= 11 is 0. The SMILES string of the molecule is CCOc1ccccc1-c1cc(C(=O)N/N=C/c2c[nH]c3ccccc23)[nH]n1. The van der Waals surface area contributed by atoms with Crippen LogP contribution in [-0.2, 0) is 0 Å². The lowest BCUT2D eigenvalue weighted by molar-refractivity contribution is 0.0950. The Morgan fingerprint density at radius 3 is 2.93 bits per heavy atom. The number of hydrazone groups is 1. The quantitative estimate of drug-likeness (QED) is 0.355. The fraction of sp³-hybridized carbons (Fsp3) is 0.0952. The monoisotopic (exact) mass is 373 g/mol. The molecule has 28 heavy (non-hydrogen) atoms. The van der Waals surface area contributed by atoms with Gasteiger partial charge in [0.25, 0.3) is 5.91 Å². The summed E-state index contributed by atoms with van der Waals surface area (Å²) in [5.74, 6) is 0.351. The van der Waals surface area contributed by atoms with Crippen LogP contribution in [0.5, 0.6) is 5.75 Å². The molecule has 2 heterocycles. The van der Waals surface area contributed by atoms with Crippen molar-refractivity contribution in [1.29, 1.82) is 0 Å². The second-order valence-electron chi connectivity index (χ2n) is 6.08. The Morgan fingerprint density at radius 2 is 2.04 bits per heavy atom. The van der Waals surface area contributed by atoms with Crippen LogP contribution in [0.15, 0.2) is 65.9 Å². The highest BCUT2D eigenvalue weighted by molar-refractivity contribution is 6.00. The summed E-state index contributed by atoms with van der Waals surface area (Å²) < 4.78 is 5.62. The van der Waals surface area contributed by atoms with Crippen molar-refractivity contribution in [3.63, 3.8) is 0 Å². The maximum atomic E-state index is 12.4. The summed E-state index contributed by atoms with van der Waals surface area (Å²) in [6.45, 7) is 2.48. The number of hydrogen-bond acceptors (Lipinski definition) is 4. The number of hydrogen-bond donors (Lipinski definition) is 3. The fourth-order valence-corrected chi connectivity index (χ4v) is 2.96. The Balaban J connectivity index is 1.48. The van der Waals surface area contributed by atoms with Gasteiger partial charge in [0.05, 0.1) is 18.5 Å². The van der Waals surface area contributed by atoms with Gasteiger partial charge in [0.15, 0.2) is 0 Å². The molecule has 0 saturated carbocycles. The summed E-state index contributed by atoms with van der Waals surface area (Å²) in [6.07, 6.45) is 3.46.